The Morgan fingerprint density at radius 3 is 2.84 bits per heavy atom. The number of rotatable bonds is 6. The van der Waals surface area contributed by atoms with Crippen molar-refractivity contribution in [2.24, 2.45) is 5.92 Å². The van der Waals surface area contributed by atoms with Gasteiger partial charge in [0.2, 0.25) is 0 Å². The van der Waals surface area contributed by atoms with E-state index in [4.69, 9.17) is 9.52 Å². The molecule has 2 aromatic heterocycles. The van der Waals surface area contributed by atoms with Crippen LogP contribution >= 0.6 is 0 Å². The molecule has 2 unspecified atom stereocenters. The number of aliphatic carboxylic acids is 1. The molecule has 0 aromatic carbocycles. The number of aromatic amines is 1. The van der Waals surface area contributed by atoms with Crippen LogP contribution in [-0.2, 0) is 11.3 Å². The van der Waals surface area contributed by atoms with Gasteiger partial charge in [-0.1, -0.05) is 0 Å². The van der Waals surface area contributed by atoms with Crippen LogP contribution in [0.1, 0.15) is 34.3 Å². The van der Waals surface area contributed by atoms with E-state index in [2.05, 4.69) is 20.3 Å². The van der Waals surface area contributed by atoms with Crippen LogP contribution < -0.4 is 0 Å². The van der Waals surface area contributed by atoms with Gasteiger partial charge in [-0.3, -0.25) is 14.5 Å². The Labute approximate surface area is 144 Å². The van der Waals surface area contributed by atoms with Crippen molar-refractivity contribution >= 4 is 11.9 Å². The minimum absolute atomic E-state index is 0.00712. The summed E-state index contributed by atoms with van der Waals surface area (Å²) < 4.78 is 5.63. The Hall–Kier alpha value is -2.68. The van der Waals surface area contributed by atoms with Gasteiger partial charge in [-0.25, -0.2) is 0 Å². The van der Waals surface area contributed by atoms with E-state index in [1.807, 2.05) is 0 Å². The molecule has 1 fully saturated rings. The van der Waals surface area contributed by atoms with Crippen molar-refractivity contribution in [2.45, 2.75) is 18.9 Å². The third kappa shape index (κ3) is 3.87. The Morgan fingerprint density at radius 2 is 2.20 bits per heavy atom. The average molecular weight is 347 g/mol. The maximum atomic E-state index is 11.9. The van der Waals surface area contributed by atoms with Crippen LogP contribution in [0.5, 0.6) is 0 Å². The summed E-state index contributed by atoms with van der Waals surface area (Å²) in [5.41, 5.74) is 0.775. The quantitative estimate of drug-likeness (QED) is 0.793. The van der Waals surface area contributed by atoms with Crippen molar-refractivity contribution in [1.29, 1.82) is 0 Å². The number of carboxylic acids is 1. The number of carbonyl (C=O) groups is 2. The van der Waals surface area contributed by atoms with Gasteiger partial charge in [-0.15, -0.1) is 0 Å². The molecule has 25 heavy (non-hydrogen) atoms. The number of nitrogens with zero attached hydrogens (tertiary/aromatic N) is 4. The molecular formula is C16H21N5O4. The first kappa shape index (κ1) is 17.2. The van der Waals surface area contributed by atoms with Crippen molar-refractivity contribution < 1.29 is 19.1 Å². The highest BCUT2D eigenvalue weighted by molar-refractivity contribution is 5.91. The van der Waals surface area contributed by atoms with Gasteiger partial charge >= 0.3 is 5.97 Å². The molecule has 0 aliphatic carbocycles. The molecule has 1 saturated heterocycles. The molecule has 2 aromatic rings. The number of likely N-dealkylation sites (tertiary alicyclic amines) is 1. The van der Waals surface area contributed by atoms with Crippen LogP contribution in [-0.4, -0.2) is 69.4 Å². The van der Waals surface area contributed by atoms with Gasteiger partial charge in [-0.05, 0) is 18.1 Å². The molecule has 2 atom stereocenters. The minimum atomic E-state index is -0.822. The SMILES string of the molecule is CN(C)C(=O)c1ccc(CN2CC(CC(=O)O)C(c3cn[nH]n3)C2)o1. The first-order chi connectivity index (χ1) is 11.9. The maximum absolute atomic E-state index is 11.9. The summed E-state index contributed by atoms with van der Waals surface area (Å²) in [7, 11) is 3.34. The summed E-state index contributed by atoms with van der Waals surface area (Å²) in [6.45, 7) is 1.81. The van der Waals surface area contributed by atoms with Gasteiger partial charge in [0.15, 0.2) is 5.76 Å². The fourth-order valence-corrected chi connectivity index (χ4v) is 3.26. The van der Waals surface area contributed by atoms with Gasteiger partial charge in [0.05, 0.1) is 24.9 Å². The van der Waals surface area contributed by atoms with E-state index in [-0.39, 0.29) is 24.2 Å². The van der Waals surface area contributed by atoms with Crippen molar-refractivity contribution in [3.8, 4) is 0 Å². The number of hydrogen-bond donors (Lipinski definition) is 2. The predicted octanol–water partition coefficient (Wildman–Crippen LogP) is 0.790. The van der Waals surface area contributed by atoms with Crippen LogP contribution in [0.4, 0.5) is 0 Å². The highest BCUT2D eigenvalue weighted by atomic mass is 16.4. The zero-order valence-corrected chi connectivity index (χ0v) is 14.2. The molecule has 0 bridgehead atoms. The van der Waals surface area contributed by atoms with Crippen LogP contribution in [0.2, 0.25) is 0 Å². The average Bonchev–Trinajstić information content (AvgIpc) is 3.27. The Kier molecular flexibility index (Phi) is 4.84. The third-order valence-electron chi connectivity index (χ3n) is 4.43. The second kappa shape index (κ2) is 7.06. The molecule has 1 amide bonds. The number of carbonyl (C=O) groups excluding carboxylic acids is 1. The molecule has 0 radical (unpaired) electrons. The number of H-pyrrole nitrogens is 1. The molecule has 9 nitrogen and oxygen atoms in total. The second-order valence-corrected chi connectivity index (χ2v) is 6.52. The molecule has 1 aliphatic rings. The summed E-state index contributed by atoms with van der Waals surface area (Å²) in [5, 5.41) is 19.7. The number of carboxylic acid groups (broad SMARTS) is 1. The highest BCUT2D eigenvalue weighted by Gasteiger charge is 2.36. The van der Waals surface area contributed by atoms with Crippen molar-refractivity contribution in [2.75, 3.05) is 27.2 Å². The standard InChI is InChI=1S/C16H21N5O4/c1-20(2)16(24)14-4-3-11(25-14)8-21-7-10(5-15(22)23)12(9-21)13-6-17-19-18-13/h3-4,6,10,12H,5,7-9H2,1-2H3,(H,22,23)(H,17,18,19). The molecule has 2 N–H and O–H groups in total. The largest absolute Gasteiger partial charge is 0.481 e. The molecule has 3 heterocycles. The molecule has 134 valence electrons. The molecule has 9 heteroatoms. The number of nitrogens with one attached hydrogen (secondary N) is 1. The lowest BCUT2D eigenvalue weighted by Crippen LogP contribution is -2.21. The number of aromatic nitrogens is 3. The van der Waals surface area contributed by atoms with Crippen LogP contribution in [0.25, 0.3) is 0 Å². The van der Waals surface area contributed by atoms with E-state index in [9.17, 15) is 9.59 Å². The monoisotopic (exact) mass is 347 g/mol. The smallest absolute Gasteiger partial charge is 0.303 e. The lowest BCUT2D eigenvalue weighted by atomic mass is 9.91. The summed E-state index contributed by atoms with van der Waals surface area (Å²) in [4.78, 5) is 26.6. The van der Waals surface area contributed by atoms with Crippen molar-refractivity contribution in [3.05, 3.63) is 35.5 Å². The lowest BCUT2D eigenvalue weighted by Gasteiger charge is -2.13. The number of hydrogen-bond acceptors (Lipinski definition) is 6. The van der Waals surface area contributed by atoms with E-state index >= 15 is 0 Å². The van der Waals surface area contributed by atoms with Crippen molar-refractivity contribution in [3.63, 3.8) is 0 Å². The Bertz CT molecular complexity index is 740. The van der Waals surface area contributed by atoms with E-state index in [0.29, 0.717) is 31.2 Å². The van der Waals surface area contributed by atoms with E-state index in [0.717, 1.165) is 5.69 Å². The van der Waals surface area contributed by atoms with E-state index in [1.54, 1.807) is 32.4 Å². The first-order valence-corrected chi connectivity index (χ1v) is 8.04. The lowest BCUT2D eigenvalue weighted by molar-refractivity contribution is -0.138. The van der Waals surface area contributed by atoms with Crippen LogP contribution in [0, 0.1) is 5.92 Å². The third-order valence-corrected chi connectivity index (χ3v) is 4.43. The fourth-order valence-electron chi connectivity index (χ4n) is 3.26. The highest BCUT2D eigenvalue weighted by Crippen LogP contribution is 2.34. The predicted molar refractivity (Wildman–Crippen MR) is 86.9 cm³/mol. The topological polar surface area (TPSA) is 116 Å². The summed E-state index contributed by atoms with van der Waals surface area (Å²) in [6.07, 6.45) is 1.72. The maximum Gasteiger partial charge on any atom is 0.303 e. The van der Waals surface area contributed by atoms with Crippen LogP contribution in [0.15, 0.2) is 22.7 Å². The molecule has 0 spiro atoms. The summed E-state index contributed by atoms with van der Waals surface area (Å²) in [6, 6.07) is 3.45. The second-order valence-electron chi connectivity index (χ2n) is 6.52. The van der Waals surface area contributed by atoms with Gasteiger partial charge in [0.25, 0.3) is 5.91 Å². The zero-order chi connectivity index (χ0) is 18.0. The van der Waals surface area contributed by atoms with E-state index in [1.165, 1.54) is 4.90 Å². The normalized spacial score (nSPS) is 20.7. The number of amides is 1. The molecule has 3 rings (SSSR count). The van der Waals surface area contributed by atoms with E-state index < -0.39 is 5.97 Å². The minimum Gasteiger partial charge on any atom is -0.481 e. The summed E-state index contributed by atoms with van der Waals surface area (Å²) >= 11 is 0. The number of furan rings is 1. The first-order valence-electron chi connectivity index (χ1n) is 8.04. The fraction of sp³-hybridized carbons (Fsp3) is 0.500. The molecule has 1 aliphatic heterocycles. The van der Waals surface area contributed by atoms with Gasteiger partial charge in [0, 0.05) is 33.1 Å². The zero-order valence-electron chi connectivity index (χ0n) is 14.2. The van der Waals surface area contributed by atoms with Gasteiger partial charge < -0.3 is 14.4 Å². The molecular weight excluding hydrogens is 326 g/mol. The summed E-state index contributed by atoms with van der Waals surface area (Å²) in [5.74, 6) is -0.0587. The van der Waals surface area contributed by atoms with Crippen LogP contribution in [0.3, 0.4) is 0 Å². The Morgan fingerprint density at radius 1 is 1.40 bits per heavy atom. The Balaban J connectivity index is 1.69. The van der Waals surface area contributed by atoms with Crippen molar-refractivity contribution in [1.82, 2.24) is 25.2 Å². The van der Waals surface area contributed by atoms with Gasteiger partial charge in [0.1, 0.15) is 5.76 Å². The van der Waals surface area contributed by atoms with Gasteiger partial charge in [-0.2, -0.15) is 15.4 Å². The molecule has 0 saturated carbocycles.